The van der Waals surface area contributed by atoms with E-state index in [0.29, 0.717) is 24.0 Å². The van der Waals surface area contributed by atoms with Gasteiger partial charge in [0.2, 0.25) is 6.79 Å². The quantitative estimate of drug-likeness (QED) is 0.773. The maximum atomic E-state index is 13.5. The molecule has 1 fully saturated rings. The molecule has 1 unspecified atom stereocenters. The van der Waals surface area contributed by atoms with E-state index < -0.39 is 17.4 Å². The van der Waals surface area contributed by atoms with Crippen LogP contribution < -0.4 is 25.8 Å². The highest BCUT2D eigenvalue weighted by Crippen LogP contribution is 2.41. The topological polar surface area (TPSA) is 80.9 Å². The Balaban J connectivity index is 1.72. The Bertz CT molecular complexity index is 758. The molecule has 3 aliphatic rings. The van der Waals surface area contributed by atoms with Crippen molar-refractivity contribution in [1.29, 1.82) is 0 Å². The molecule has 1 aliphatic carbocycles. The van der Waals surface area contributed by atoms with Crippen LogP contribution >= 0.6 is 0 Å². The van der Waals surface area contributed by atoms with Gasteiger partial charge < -0.3 is 25.8 Å². The van der Waals surface area contributed by atoms with Gasteiger partial charge in [-0.1, -0.05) is 6.07 Å². The standard InChI is InChI=1S/C16H17F3N4O2/c17-16(18,19)13-7-22-14(21-6-9-1-2-9)23-15(13,20)10-3-4-11-12(5-10)25-8-24-11/h3-5,7,9H,1-2,6,8,20H2,(H2,21,22,23). The number of alkyl halides is 3. The molecule has 6 nitrogen and oxygen atoms in total. The number of ether oxygens (including phenoxy) is 2. The predicted molar refractivity (Wildman–Crippen MR) is 83.9 cm³/mol. The third kappa shape index (κ3) is 2.99. The van der Waals surface area contributed by atoms with Gasteiger partial charge >= 0.3 is 6.18 Å². The fourth-order valence-corrected chi connectivity index (χ4v) is 2.83. The smallest absolute Gasteiger partial charge is 0.417 e. The number of aliphatic imine (C=N–C) groups is 1. The van der Waals surface area contributed by atoms with Gasteiger partial charge in [-0.2, -0.15) is 13.2 Å². The first kappa shape index (κ1) is 16.1. The summed E-state index contributed by atoms with van der Waals surface area (Å²) < 4.78 is 51.0. The van der Waals surface area contributed by atoms with E-state index in [9.17, 15) is 13.2 Å². The van der Waals surface area contributed by atoms with Gasteiger partial charge in [0.05, 0.1) is 5.57 Å². The first-order chi connectivity index (χ1) is 11.9. The molecule has 2 heterocycles. The molecule has 0 bridgehead atoms. The molecule has 0 radical (unpaired) electrons. The summed E-state index contributed by atoms with van der Waals surface area (Å²) in [6.07, 6.45) is -1.56. The fourth-order valence-electron chi connectivity index (χ4n) is 2.83. The van der Waals surface area contributed by atoms with E-state index in [-0.39, 0.29) is 18.3 Å². The lowest BCUT2D eigenvalue weighted by molar-refractivity contribution is -0.103. The van der Waals surface area contributed by atoms with E-state index in [1.165, 1.54) is 12.1 Å². The molecule has 1 saturated carbocycles. The average molecular weight is 354 g/mol. The van der Waals surface area contributed by atoms with Gasteiger partial charge in [-0.3, -0.25) is 4.99 Å². The molecular weight excluding hydrogens is 337 g/mol. The first-order valence-corrected chi connectivity index (χ1v) is 7.92. The normalized spacial score (nSPS) is 26.9. The summed E-state index contributed by atoms with van der Waals surface area (Å²) in [5, 5.41) is 5.27. The molecule has 1 aromatic rings. The SMILES string of the molecule is NC1(c2ccc3c(c2)OCO3)NC(=NCC2CC2)NC=C1C(F)(F)F. The Morgan fingerprint density at radius 2 is 2.00 bits per heavy atom. The maximum absolute atomic E-state index is 13.5. The molecule has 0 amide bonds. The second-order valence-corrected chi connectivity index (χ2v) is 6.33. The second-order valence-electron chi connectivity index (χ2n) is 6.33. The Morgan fingerprint density at radius 1 is 1.24 bits per heavy atom. The van der Waals surface area contributed by atoms with Gasteiger partial charge in [0, 0.05) is 18.3 Å². The second kappa shape index (κ2) is 5.55. The Hall–Kier alpha value is -2.42. The van der Waals surface area contributed by atoms with E-state index in [0.717, 1.165) is 19.0 Å². The van der Waals surface area contributed by atoms with Crippen molar-refractivity contribution in [3.05, 3.63) is 35.5 Å². The lowest BCUT2D eigenvalue weighted by Gasteiger charge is -2.38. The van der Waals surface area contributed by atoms with Crippen molar-refractivity contribution in [1.82, 2.24) is 10.6 Å². The van der Waals surface area contributed by atoms with E-state index in [1.54, 1.807) is 6.07 Å². The third-order valence-electron chi connectivity index (χ3n) is 4.43. The van der Waals surface area contributed by atoms with Crippen molar-refractivity contribution < 1.29 is 22.6 Å². The summed E-state index contributed by atoms with van der Waals surface area (Å²) >= 11 is 0. The maximum Gasteiger partial charge on any atom is 0.417 e. The number of fused-ring (bicyclic) bond motifs is 1. The Morgan fingerprint density at radius 3 is 2.72 bits per heavy atom. The van der Waals surface area contributed by atoms with E-state index in [1.807, 2.05) is 0 Å². The van der Waals surface area contributed by atoms with E-state index in [4.69, 9.17) is 15.2 Å². The van der Waals surface area contributed by atoms with Crippen molar-refractivity contribution in [3.8, 4) is 11.5 Å². The molecule has 2 aliphatic heterocycles. The molecule has 4 rings (SSSR count). The zero-order valence-corrected chi connectivity index (χ0v) is 13.2. The summed E-state index contributed by atoms with van der Waals surface area (Å²) in [4.78, 5) is 4.30. The van der Waals surface area contributed by atoms with Crippen LogP contribution in [0.4, 0.5) is 13.2 Å². The average Bonchev–Trinajstić information content (AvgIpc) is 3.26. The minimum Gasteiger partial charge on any atom is -0.454 e. The first-order valence-electron chi connectivity index (χ1n) is 7.92. The zero-order valence-electron chi connectivity index (χ0n) is 13.2. The number of hydrogen-bond donors (Lipinski definition) is 3. The molecule has 1 aromatic carbocycles. The fraction of sp³-hybridized carbons (Fsp3) is 0.438. The largest absolute Gasteiger partial charge is 0.454 e. The van der Waals surface area contributed by atoms with Gasteiger partial charge in [-0.15, -0.1) is 0 Å². The lowest BCUT2D eigenvalue weighted by atomic mass is 9.90. The molecule has 0 saturated heterocycles. The summed E-state index contributed by atoms with van der Waals surface area (Å²) in [5.74, 6) is 1.56. The number of nitrogens with one attached hydrogen (secondary N) is 2. The highest BCUT2D eigenvalue weighted by atomic mass is 19.4. The van der Waals surface area contributed by atoms with Crippen molar-refractivity contribution in [2.45, 2.75) is 24.7 Å². The molecule has 9 heteroatoms. The minimum absolute atomic E-state index is 0.0292. The third-order valence-corrected chi connectivity index (χ3v) is 4.43. The number of hydrogen-bond acceptors (Lipinski definition) is 4. The molecule has 0 spiro atoms. The van der Waals surface area contributed by atoms with Crippen LogP contribution in [0.15, 0.2) is 35.0 Å². The number of benzene rings is 1. The van der Waals surface area contributed by atoms with Crippen LogP contribution in [0.3, 0.4) is 0 Å². The monoisotopic (exact) mass is 354 g/mol. The van der Waals surface area contributed by atoms with Crippen LogP contribution in [-0.4, -0.2) is 25.5 Å². The summed E-state index contributed by atoms with van der Waals surface area (Å²) in [5.41, 5.74) is 3.49. The van der Waals surface area contributed by atoms with Crippen LogP contribution in [0.1, 0.15) is 18.4 Å². The van der Waals surface area contributed by atoms with E-state index in [2.05, 4.69) is 15.6 Å². The van der Waals surface area contributed by atoms with Crippen molar-refractivity contribution in [2.75, 3.05) is 13.3 Å². The van der Waals surface area contributed by atoms with Gasteiger partial charge in [-0.05, 0) is 30.9 Å². The lowest BCUT2D eigenvalue weighted by Crippen LogP contribution is -2.62. The van der Waals surface area contributed by atoms with Crippen molar-refractivity contribution in [2.24, 2.45) is 16.6 Å². The molecule has 134 valence electrons. The molecular formula is C16H17F3N4O2. The molecule has 0 aromatic heterocycles. The summed E-state index contributed by atoms with van der Waals surface area (Å²) in [6.45, 7) is 0.586. The van der Waals surface area contributed by atoms with Crippen LogP contribution in [0.5, 0.6) is 11.5 Å². The molecule has 1 atom stereocenters. The van der Waals surface area contributed by atoms with Crippen LogP contribution in [0, 0.1) is 5.92 Å². The van der Waals surface area contributed by atoms with Gasteiger partial charge in [0.25, 0.3) is 0 Å². The Kier molecular flexibility index (Phi) is 3.57. The van der Waals surface area contributed by atoms with Gasteiger partial charge in [0.15, 0.2) is 17.5 Å². The number of guanidine groups is 1. The van der Waals surface area contributed by atoms with Crippen LogP contribution in [0.2, 0.25) is 0 Å². The summed E-state index contributed by atoms with van der Waals surface area (Å²) in [6, 6.07) is 4.49. The summed E-state index contributed by atoms with van der Waals surface area (Å²) in [7, 11) is 0. The predicted octanol–water partition coefficient (Wildman–Crippen LogP) is 1.93. The number of rotatable bonds is 3. The number of nitrogens with zero attached hydrogens (tertiary/aromatic N) is 1. The van der Waals surface area contributed by atoms with Crippen molar-refractivity contribution in [3.63, 3.8) is 0 Å². The molecule has 25 heavy (non-hydrogen) atoms. The molecule has 4 N–H and O–H groups in total. The zero-order chi connectivity index (χ0) is 17.7. The van der Waals surface area contributed by atoms with Gasteiger partial charge in [0.1, 0.15) is 5.66 Å². The Labute approximate surface area is 141 Å². The highest BCUT2D eigenvalue weighted by molar-refractivity contribution is 5.84. The van der Waals surface area contributed by atoms with Gasteiger partial charge in [-0.25, -0.2) is 0 Å². The van der Waals surface area contributed by atoms with Crippen molar-refractivity contribution >= 4 is 5.96 Å². The van der Waals surface area contributed by atoms with Crippen LogP contribution in [0.25, 0.3) is 0 Å². The highest BCUT2D eigenvalue weighted by Gasteiger charge is 2.50. The minimum atomic E-state index is -4.62. The number of nitrogens with two attached hydrogens (primary N) is 1. The van der Waals surface area contributed by atoms with E-state index >= 15 is 0 Å². The van der Waals surface area contributed by atoms with Crippen LogP contribution in [-0.2, 0) is 5.66 Å². The number of halogens is 3.